The molecule has 0 aromatic carbocycles. The van der Waals surface area contributed by atoms with Crippen molar-refractivity contribution in [3.05, 3.63) is 0 Å². The Bertz CT molecular complexity index is 259. The van der Waals surface area contributed by atoms with Crippen LogP contribution in [0.1, 0.15) is 27.2 Å². The van der Waals surface area contributed by atoms with Gasteiger partial charge in [0, 0.05) is 38.3 Å². The van der Waals surface area contributed by atoms with E-state index in [1.807, 2.05) is 0 Å². The third-order valence-corrected chi connectivity index (χ3v) is 4.46. The van der Waals surface area contributed by atoms with Gasteiger partial charge >= 0.3 is 0 Å². The van der Waals surface area contributed by atoms with Gasteiger partial charge in [-0.25, -0.2) is 0 Å². The third-order valence-electron chi connectivity index (χ3n) is 4.46. The molecule has 2 rings (SSSR count). The van der Waals surface area contributed by atoms with Gasteiger partial charge in [-0.2, -0.15) is 0 Å². The van der Waals surface area contributed by atoms with Crippen LogP contribution in [-0.2, 0) is 4.74 Å². The van der Waals surface area contributed by atoms with Gasteiger partial charge in [-0.1, -0.05) is 0 Å². The van der Waals surface area contributed by atoms with Crippen LogP contribution in [0.4, 0.5) is 0 Å². The molecule has 106 valence electrons. The lowest BCUT2D eigenvalue weighted by Crippen LogP contribution is -2.50. The smallest absolute Gasteiger partial charge is 0.0829 e. The van der Waals surface area contributed by atoms with E-state index in [0.29, 0.717) is 24.1 Å². The molecule has 2 fully saturated rings. The highest BCUT2D eigenvalue weighted by molar-refractivity contribution is 4.86. The van der Waals surface area contributed by atoms with Crippen LogP contribution in [0.2, 0.25) is 0 Å². The fourth-order valence-corrected chi connectivity index (χ4v) is 3.23. The second-order valence-electron chi connectivity index (χ2n) is 6.22. The molecule has 18 heavy (non-hydrogen) atoms. The summed E-state index contributed by atoms with van der Waals surface area (Å²) in [6, 6.07) is 1.29. The second kappa shape index (κ2) is 6.33. The molecule has 2 aliphatic heterocycles. The molecule has 3 unspecified atom stereocenters. The van der Waals surface area contributed by atoms with Gasteiger partial charge in [-0.05, 0) is 39.7 Å². The van der Waals surface area contributed by atoms with Crippen LogP contribution < -0.4 is 5.73 Å². The first-order chi connectivity index (χ1) is 8.60. The highest BCUT2D eigenvalue weighted by Gasteiger charge is 2.31. The summed E-state index contributed by atoms with van der Waals surface area (Å²) in [7, 11) is 0. The molecule has 2 saturated heterocycles. The van der Waals surface area contributed by atoms with Crippen molar-refractivity contribution in [3.8, 4) is 0 Å². The van der Waals surface area contributed by atoms with Gasteiger partial charge in [0.25, 0.3) is 0 Å². The van der Waals surface area contributed by atoms with Gasteiger partial charge in [0.05, 0.1) is 12.7 Å². The highest BCUT2D eigenvalue weighted by Crippen LogP contribution is 2.23. The fraction of sp³-hybridized carbons (Fsp3) is 1.00. The molecule has 4 nitrogen and oxygen atoms in total. The molecule has 0 bridgehead atoms. The first kappa shape index (κ1) is 14.3. The molecule has 0 aromatic heterocycles. The Morgan fingerprint density at radius 2 is 2.11 bits per heavy atom. The Kier molecular flexibility index (Phi) is 5.01. The molecular weight excluding hydrogens is 226 g/mol. The minimum Gasteiger partial charge on any atom is -0.374 e. The summed E-state index contributed by atoms with van der Waals surface area (Å²) < 4.78 is 5.92. The van der Waals surface area contributed by atoms with Crippen molar-refractivity contribution in [1.82, 2.24) is 9.80 Å². The van der Waals surface area contributed by atoms with Crippen molar-refractivity contribution in [2.75, 3.05) is 39.3 Å². The lowest BCUT2D eigenvalue weighted by atomic mass is 10.1. The summed E-state index contributed by atoms with van der Waals surface area (Å²) in [6.45, 7) is 12.9. The zero-order chi connectivity index (χ0) is 13.1. The Hall–Kier alpha value is -0.160. The first-order valence-electron chi connectivity index (χ1n) is 7.40. The molecule has 2 N–H and O–H groups in total. The summed E-state index contributed by atoms with van der Waals surface area (Å²) >= 11 is 0. The average molecular weight is 255 g/mol. The Balaban J connectivity index is 1.82. The fourth-order valence-electron chi connectivity index (χ4n) is 3.23. The van der Waals surface area contributed by atoms with Gasteiger partial charge in [0.15, 0.2) is 0 Å². The molecular formula is C14H29N3O. The second-order valence-corrected chi connectivity index (χ2v) is 6.22. The Morgan fingerprint density at radius 3 is 2.72 bits per heavy atom. The van der Waals surface area contributed by atoms with Crippen LogP contribution in [0.15, 0.2) is 0 Å². The Labute approximate surface area is 111 Å². The Morgan fingerprint density at radius 1 is 1.33 bits per heavy atom. The number of ether oxygens (including phenoxy) is 1. The molecule has 0 aliphatic carbocycles. The quantitative estimate of drug-likeness (QED) is 0.805. The van der Waals surface area contributed by atoms with Crippen molar-refractivity contribution in [2.24, 2.45) is 11.7 Å². The molecule has 0 aromatic rings. The number of hydrogen-bond donors (Lipinski definition) is 1. The van der Waals surface area contributed by atoms with Crippen LogP contribution in [0, 0.1) is 5.92 Å². The maximum Gasteiger partial charge on any atom is 0.0829 e. The molecule has 0 radical (unpaired) electrons. The summed E-state index contributed by atoms with van der Waals surface area (Å²) in [5.41, 5.74) is 5.79. The van der Waals surface area contributed by atoms with Crippen molar-refractivity contribution in [2.45, 2.75) is 45.4 Å². The van der Waals surface area contributed by atoms with E-state index in [9.17, 15) is 0 Å². The molecule has 4 heteroatoms. The number of hydrogen-bond acceptors (Lipinski definition) is 4. The molecule has 0 spiro atoms. The number of rotatable bonds is 4. The van der Waals surface area contributed by atoms with E-state index in [1.165, 1.54) is 6.42 Å². The van der Waals surface area contributed by atoms with Gasteiger partial charge in [0.1, 0.15) is 0 Å². The minimum atomic E-state index is 0.375. The van der Waals surface area contributed by atoms with Crippen LogP contribution >= 0.6 is 0 Å². The summed E-state index contributed by atoms with van der Waals surface area (Å²) in [5, 5.41) is 0. The van der Waals surface area contributed by atoms with Gasteiger partial charge in [-0.15, -0.1) is 0 Å². The van der Waals surface area contributed by atoms with E-state index in [1.54, 1.807) is 0 Å². The topological polar surface area (TPSA) is 41.7 Å². The van der Waals surface area contributed by atoms with E-state index in [4.69, 9.17) is 10.5 Å². The van der Waals surface area contributed by atoms with Crippen LogP contribution in [0.3, 0.4) is 0 Å². The zero-order valence-electron chi connectivity index (χ0n) is 12.1. The lowest BCUT2D eigenvalue weighted by Gasteiger charge is -2.37. The van der Waals surface area contributed by atoms with Crippen molar-refractivity contribution in [1.29, 1.82) is 0 Å². The predicted molar refractivity (Wildman–Crippen MR) is 74.6 cm³/mol. The van der Waals surface area contributed by atoms with Crippen molar-refractivity contribution >= 4 is 0 Å². The van der Waals surface area contributed by atoms with Crippen LogP contribution in [0.25, 0.3) is 0 Å². The summed E-state index contributed by atoms with van der Waals surface area (Å²) in [5.74, 6) is 0.685. The minimum absolute atomic E-state index is 0.375. The van der Waals surface area contributed by atoms with Crippen molar-refractivity contribution in [3.63, 3.8) is 0 Å². The lowest BCUT2D eigenvalue weighted by molar-refractivity contribution is -0.0531. The SMILES string of the molecule is CC(C)N1CCOC(CN2CC(CN)CC2C)C1. The molecule has 0 amide bonds. The van der Waals surface area contributed by atoms with Gasteiger partial charge in [-0.3, -0.25) is 9.80 Å². The van der Waals surface area contributed by atoms with E-state index in [-0.39, 0.29) is 0 Å². The maximum atomic E-state index is 5.92. The molecule has 0 saturated carbocycles. The number of likely N-dealkylation sites (tertiary alicyclic amines) is 1. The van der Waals surface area contributed by atoms with E-state index in [2.05, 4.69) is 30.6 Å². The zero-order valence-corrected chi connectivity index (χ0v) is 12.1. The monoisotopic (exact) mass is 255 g/mol. The molecule has 3 atom stereocenters. The van der Waals surface area contributed by atoms with Crippen molar-refractivity contribution < 1.29 is 4.74 Å². The standard InChI is InChI=1S/C14H29N3O/c1-11(2)16-4-5-18-14(9-16)10-17-8-13(7-15)6-12(17)3/h11-14H,4-10,15H2,1-3H3. The van der Waals surface area contributed by atoms with Crippen LogP contribution in [-0.4, -0.2) is 67.3 Å². The third kappa shape index (κ3) is 3.44. The molecule has 2 heterocycles. The van der Waals surface area contributed by atoms with E-state index in [0.717, 1.165) is 39.3 Å². The first-order valence-corrected chi connectivity index (χ1v) is 7.40. The number of morpholine rings is 1. The van der Waals surface area contributed by atoms with Crippen LogP contribution in [0.5, 0.6) is 0 Å². The van der Waals surface area contributed by atoms with E-state index >= 15 is 0 Å². The largest absolute Gasteiger partial charge is 0.374 e. The highest BCUT2D eigenvalue weighted by atomic mass is 16.5. The predicted octanol–water partition coefficient (Wildman–Crippen LogP) is 0.765. The van der Waals surface area contributed by atoms with Gasteiger partial charge < -0.3 is 10.5 Å². The summed E-state index contributed by atoms with van der Waals surface area (Å²) in [4.78, 5) is 5.08. The number of nitrogens with two attached hydrogens (primary N) is 1. The van der Waals surface area contributed by atoms with Gasteiger partial charge in [0.2, 0.25) is 0 Å². The van der Waals surface area contributed by atoms with E-state index < -0.39 is 0 Å². The normalized spacial score (nSPS) is 35.5. The maximum absolute atomic E-state index is 5.92. The molecule has 2 aliphatic rings. The number of nitrogens with zero attached hydrogens (tertiary/aromatic N) is 2. The average Bonchev–Trinajstić information content (AvgIpc) is 2.70. The summed E-state index contributed by atoms with van der Waals surface area (Å²) in [6.07, 6.45) is 1.62.